The number of carboxylic acids is 1. The lowest BCUT2D eigenvalue weighted by molar-refractivity contribution is -0.279. The van der Waals surface area contributed by atoms with Crippen LogP contribution in [0.2, 0.25) is 0 Å². The molecule has 5 aliphatic carbocycles. The van der Waals surface area contributed by atoms with E-state index in [-0.39, 0.29) is 28.6 Å². The number of hydrogen-bond acceptors (Lipinski definition) is 5. The maximum Gasteiger partial charge on any atom is 0.310 e. The summed E-state index contributed by atoms with van der Waals surface area (Å²) in [6.07, 6.45) is 4.02. The molecule has 6 heteroatoms. The summed E-state index contributed by atoms with van der Waals surface area (Å²) < 4.78 is 0. The van der Waals surface area contributed by atoms with Crippen LogP contribution in [0.15, 0.2) is 11.6 Å². The van der Waals surface area contributed by atoms with E-state index in [2.05, 4.69) is 26.8 Å². The molecule has 1 unspecified atom stereocenters. The molecule has 36 heavy (non-hydrogen) atoms. The van der Waals surface area contributed by atoms with Gasteiger partial charge in [0.2, 0.25) is 0 Å². The topological polar surface area (TPSA) is 118 Å². The number of allylic oxidation sites excluding steroid dienone is 1. The van der Waals surface area contributed by atoms with Gasteiger partial charge in [0.25, 0.3) is 0 Å². The highest BCUT2D eigenvalue weighted by molar-refractivity contribution is 5.77. The second-order valence-electron chi connectivity index (χ2n) is 14.9. The monoisotopic (exact) mass is 504 g/mol. The molecule has 0 amide bonds. The van der Waals surface area contributed by atoms with Gasteiger partial charge < -0.3 is 25.5 Å². The van der Waals surface area contributed by atoms with Crippen LogP contribution in [0.3, 0.4) is 0 Å². The number of fused-ring (bicyclic) bond motifs is 7. The number of carbonyl (C=O) groups is 1. The van der Waals surface area contributed by atoms with Crippen molar-refractivity contribution in [2.75, 3.05) is 0 Å². The van der Waals surface area contributed by atoms with Gasteiger partial charge in [0.15, 0.2) is 0 Å². The molecule has 0 saturated heterocycles. The van der Waals surface area contributed by atoms with Gasteiger partial charge in [-0.1, -0.05) is 53.2 Å². The first-order valence-electron chi connectivity index (χ1n) is 14.1. The van der Waals surface area contributed by atoms with E-state index < -0.39 is 52.0 Å². The van der Waals surface area contributed by atoms with Crippen LogP contribution >= 0.6 is 0 Å². The minimum absolute atomic E-state index is 0.00890. The van der Waals surface area contributed by atoms with Crippen LogP contribution in [0.1, 0.15) is 93.4 Å². The lowest BCUT2D eigenvalue weighted by atomic mass is 9.32. The molecule has 0 radical (unpaired) electrons. The van der Waals surface area contributed by atoms with E-state index >= 15 is 0 Å². The molecule has 5 rings (SSSR count). The van der Waals surface area contributed by atoms with Crippen molar-refractivity contribution < 1.29 is 30.3 Å². The Morgan fingerprint density at radius 1 is 0.889 bits per heavy atom. The summed E-state index contributed by atoms with van der Waals surface area (Å²) in [5.74, 6) is -1.10. The smallest absolute Gasteiger partial charge is 0.310 e. The Morgan fingerprint density at radius 2 is 1.53 bits per heavy atom. The van der Waals surface area contributed by atoms with Crippen LogP contribution in [-0.4, -0.2) is 55.4 Å². The van der Waals surface area contributed by atoms with Gasteiger partial charge >= 0.3 is 5.97 Å². The van der Waals surface area contributed by atoms with E-state index in [0.717, 1.165) is 24.8 Å². The van der Waals surface area contributed by atoms with Crippen LogP contribution < -0.4 is 0 Å². The van der Waals surface area contributed by atoms with Gasteiger partial charge in [-0.2, -0.15) is 0 Å². The summed E-state index contributed by atoms with van der Waals surface area (Å²) in [7, 11) is 0. The number of carboxylic acid groups (broad SMARTS) is 1. The van der Waals surface area contributed by atoms with Crippen molar-refractivity contribution in [2.45, 2.75) is 117 Å². The number of aliphatic hydroxyl groups excluding tert-OH is 3. The maximum absolute atomic E-state index is 12.8. The molecule has 4 fully saturated rings. The Balaban J connectivity index is 1.67. The fourth-order valence-electron chi connectivity index (χ4n) is 10.9. The van der Waals surface area contributed by atoms with Crippen molar-refractivity contribution in [3.05, 3.63) is 11.6 Å². The number of hydrogen-bond donors (Lipinski definition) is 5. The average molecular weight is 505 g/mol. The predicted molar refractivity (Wildman–Crippen MR) is 137 cm³/mol. The van der Waals surface area contributed by atoms with Crippen LogP contribution in [0.5, 0.6) is 0 Å². The molecular formula is C30H48O6. The molecule has 0 aromatic rings. The van der Waals surface area contributed by atoms with Crippen molar-refractivity contribution >= 4 is 5.97 Å². The summed E-state index contributed by atoms with van der Waals surface area (Å²) in [6.45, 7) is 14.7. The molecule has 0 bridgehead atoms. The molecule has 0 heterocycles. The fraction of sp³-hybridized carbons (Fsp3) is 0.900. The second kappa shape index (κ2) is 7.58. The van der Waals surface area contributed by atoms with Gasteiger partial charge in [-0.3, -0.25) is 4.79 Å². The summed E-state index contributed by atoms with van der Waals surface area (Å²) in [5.41, 5.74) is -2.63. The third kappa shape index (κ3) is 2.80. The zero-order valence-corrected chi connectivity index (χ0v) is 23.2. The van der Waals surface area contributed by atoms with Crippen LogP contribution in [0.25, 0.3) is 0 Å². The van der Waals surface area contributed by atoms with E-state index in [1.807, 2.05) is 27.7 Å². The van der Waals surface area contributed by atoms with E-state index in [1.54, 1.807) is 0 Å². The first-order valence-corrected chi connectivity index (χ1v) is 14.1. The molecule has 12 atom stereocenters. The van der Waals surface area contributed by atoms with Crippen molar-refractivity contribution in [3.63, 3.8) is 0 Å². The number of aliphatic carboxylic acids is 1. The first kappa shape index (κ1) is 26.6. The van der Waals surface area contributed by atoms with Gasteiger partial charge in [-0.25, -0.2) is 0 Å². The molecule has 6 nitrogen and oxygen atoms in total. The largest absolute Gasteiger partial charge is 0.481 e. The van der Waals surface area contributed by atoms with Crippen molar-refractivity contribution in [1.82, 2.24) is 0 Å². The molecule has 5 aliphatic rings. The first-order chi connectivity index (χ1) is 16.4. The van der Waals surface area contributed by atoms with Gasteiger partial charge in [-0.05, 0) is 85.9 Å². The van der Waals surface area contributed by atoms with Gasteiger partial charge in [0, 0.05) is 11.3 Å². The van der Waals surface area contributed by atoms with E-state index in [4.69, 9.17) is 0 Å². The molecule has 0 aliphatic heterocycles. The Bertz CT molecular complexity index is 986. The highest BCUT2D eigenvalue weighted by Gasteiger charge is 2.73. The molecule has 0 spiro atoms. The standard InChI is InChI=1S/C30H48O6/c1-16-10-13-30(24(34)35)15-14-26(4)17(21(30)29(16,7)36)8-9-19-27(26,5)12-11-18-25(2,3)22(32)20(31)23(33)28(18,19)6/h8,16,18-23,31-33,36H,9-15H2,1-7H3,(H,34,35)/t16-,18?,19+,20-,21-,22+,23-,26-,27-,28+,29-,30+/m1/s1. The van der Waals surface area contributed by atoms with Crippen molar-refractivity contribution in [1.29, 1.82) is 0 Å². The minimum atomic E-state index is -1.20. The normalized spacial score (nSPS) is 58.0. The lowest BCUT2D eigenvalue weighted by Crippen LogP contribution is -2.72. The predicted octanol–water partition coefficient (Wildman–Crippen LogP) is 4.15. The second-order valence-corrected chi connectivity index (χ2v) is 14.9. The molecule has 0 aromatic carbocycles. The Labute approximate surface area is 216 Å². The molecule has 5 N–H and O–H groups in total. The maximum atomic E-state index is 12.8. The Hall–Kier alpha value is -0.950. The molecule has 204 valence electrons. The van der Waals surface area contributed by atoms with Gasteiger partial charge in [0.1, 0.15) is 6.10 Å². The highest BCUT2D eigenvalue weighted by Crippen LogP contribution is 2.76. The summed E-state index contributed by atoms with van der Waals surface area (Å²) in [4.78, 5) is 12.8. The van der Waals surface area contributed by atoms with Crippen molar-refractivity contribution in [3.8, 4) is 0 Å². The SMILES string of the molecule is C[C@@H]1CC[C@]2(C(=O)O)CC[C@]3(C)C(=CC[C@@H]4[C@]5(C)C(CC[C@]43C)C(C)(C)[C@@H](O)[C@@H](O)[C@H]5O)[C@@H]2[C@]1(C)O. The summed E-state index contributed by atoms with van der Waals surface area (Å²) in [6, 6.07) is 0. The molecule has 0 aromatic heterocycles. The van der Waals surface area contributed by atoms with E-state index in [0.29, 0.717) is 25.7 Å². The molecule has 4 saturated carbocycles. The zero-order chi connectivity index (χ0) is 26.9. The fourth-order valence-corrected chi connectivity index (χ4v) is 10.9. The average Bonchev–Trinajstić information content (AvgIpc) is 2.79. The zero-order valence-electron chi connectivity index (χ0n) is 23.2. The number of rotatable bonds is 1. The Kier molecular flexibility index (Phi) is 5.61. The van der Waals surface area contributed by atoms with Gasteiger partial charge in [0.05, 0.1) is 23.2 Å². The third-order valence-corrected chi connectivity index (χ3v) is 13.6. The quantitative estimate of drug-likeness (QED) is 0.343. The molecular weight excluding hydrogens is 456 g/mol. The van der Waals surface area contributed by atoms with Crippen LogP contribution in [0, 0.1) is 50.7 Å². The van der Waals surface area contributed by atoms with E-state index in [1.165, 1.54) is 0 Å². The summed E-state index contributed by atoms with van der Waals surface area (Å²) >= 11 is 0. The van der Waals surface area contributed by atoms with Crippen LogP contribution in [0.4, 0.5) is 0 Å². The lowest BCUT2D eigenvalue weighted by Gasteiger charge is -2.72. The third-order valence-electron chi connectivity index (χ3n) is 13.6. The summed E-state index contributed by atoms with van der Waals surface area (Å²) in [5, 5.41) is 55.9. The minimum Gasteiger partial charge on any atom is -0.481 e. The Morgan fingerprint density at radius 3 is 2.14 bits per heavy atom. The van der Waals surface area contributed by atoms with Gasteiger partial charge in [-0.15, -0.1) is 0 Å². The van der Waals surface area contributed by atoms with Crippen LogP contribution in [-0.2, 0) is 4.79 Å². The highest BCUT2D eigenvalue weighted by atomic mass is 16.4. The van der Waals surface area contributed by atoms with E-state index in [9.17, 15) is 30.3 Å². The van der Waals surface area contributed by atoms with Crippen molar-refractivity contribution in [2.24, 2.45) is 50.7 Å². The number of aliphatic hydroxyl groups is 4.